The molecule has 0 aliphatic carbocycles. The van der Waals surface area contributed by atoms with Crippen LogP contribution in [0.4, 0.5) is 0 Å². The highest BCUT2D eigenvalue weighted by molar-refractivity contribution is 5.98. The number of nitrogens with two attached hydrogens (primary N) is 1. The van der Waals surface area contributed by atoms with Gasteiger partial charge in [-0.25, -0.2) is 9.59 Å². The molecule has 0 radical (unpaired) electrons. The van der Waals surface area contributed by atoms with E-state index in [0.29, 0.717) is 6.61 Å². The van der Waals surface area contributed by atoms with Gasteiger partial charge in [0.1, 0.15) is 0 Å². The van der Waals surface area contributed by atoms with Crippen molar-refractivity contribution in [3.63, 3.8) is 0 Å². The molecule has 0 saturated carbocycles. The van der Waals surface area contributed by atoms with Crippen molar-refractivity contribution in [3.05, 3.63) is 11.4 Å². The topological polar surface area (TPSA) is 106 Å². The predicted octanol–water partition coefficient (Wildman–Crippen LogP) is 0.594. The van der Waals surface area contributed by atoms with Crippen LogP contribution in [-0.2, 0) is 16.0 Å². The van der Waals surface area contributed by atoms with E-state index in [0.717, 1.165) is 12.8 Å². The Labute approximate surface area is 123 Å². The van der Waals surface area contributed by atoms with Crippen LogP contribution in [0.25, 0.3) is 0 Å². The van der Waals surface area contributed by atoms with Crippen LogP contribution in [0.3, 0.4) is 0 Å². The Morgan fingerprint density at radius 3 is 2.43 bits per heavy atom. The van der Waals surface area contributed by atoms with E-state index < -0.39 is 11.9 Å². The summed E-state index contributed by atoms with van der Waals surface area (Å²) in [5.41, 5.74) is 5.51. The van der Waals surface area contributed by atoms with E-state index in [1.807, 2.05) is 6.92 Å². The van der Waals surface area contributed by atoms with Crippen LogP contribution in [0.2, 0.25) is 0 Å². The van der Waals surface area contributed by atoms with E-state index in [1.165, 1.54) is 18.9 Å². The van der Waals surface area contributed by atoms with Gasteiger partial charge in [0.2, 0.25) is 5.69 Å². The highest BCUT2D eigenvalue weighted by Gasteiger charge is 2.29. The maximum Gasteiger partial charge on any atom is 0.362 e. The van der Waals surface area contributed by atoms with Crippen LogP contribution in [0, 0.1) is 0 Å². The lowest BCUT2D eigenvalue weighted by Crippen LogP contribution is -2.18. The number of rotatable bonds is 8. The fourth-order valence-electron chi connectivity index (χ4n) is 1.71. The second kappa shape index (κ2) is 8.25. The summed E-state index contributed by atoms with van der Waals surface area (Å²) in [5.74, 6) is -1.24. The molecule has 8 nitrogen and oxygen atoms in total. The third-order valence-corrected chi connectivity index (χ3v) is 2.75. The average Bonchev–Trinajstić information content (AvgIpc) is 2.85. The molecule has 0 aliphatic heterocycles. The molecule has 0 saturated heterocycles. The molecule has 0 amide bonds. The lowest BCUT2D eigenvalue weighted by molar-refractivity contribution is 0.0580. The zero-order valence-electron chi connectivity index (χ0n) is 12.5. The number of aromatic nitrogens is 2. The molecule has 0 spiro atoms. The van der Waals surface area contributed by atoms with Crippen molar-refractivity contribution in [3.8, 4) is 5.75 Å². The molecule has 0 aromatic carbocycles. The maximum absolute atomic E-state index is 11.9. The number of hydrogen-bond acceptors (Lipinski definition) is 7. The molecule has 118 valence electrons. The summed E-state index contributed by atoms with van der Waals surface area (Å²) < 4.78 is 16.2. The summed E-state index contributed by atoms with van der Waals surface area (Å²) in [6.45, 7) is 2.87. The SMILES string of the molecule is CCCCOc1c(C(=O)OC)nn(CCN)c1C(=O)OC. The van der Waals surface area contributed by atoms with Crippen LogP contribution in [0.5, 0.6) is 5.75 Å². The predicted molar refractivity (Wildman–Crippen MR) is 74.4 cm³/mol. The first kappa shape index (κ1) is 17.0. The number of hydrogen-bond donors (Lipinski definition) is 1. The molecule has 1 aromatic heterocycles. The number of unbranched alkanes of at least 4 members (excludes halogenated alkanes) is 1. The van der Waals surface area contributed by atoms with E-state index >= 15 is 0 Å². The van der Waals surface area contributed by atoms with Crippen molar-refractivity contribution < 1.29 is 23.8 Å². The zero-order chi connectivity index (χ0) is 15.8. The van der Waals surface area contributed by atoms with Crippen LogP contribution in [-0.4, -0.2) is 49.1 Å². The number of nitrogens with zero attached hydrogens (tertiary/aromatic N) is 2. The average molecular weight is 299 g/mol. The molecule has 2 N–H and O–H groups in total. The van der Waals surface area contributed by atoms with Crippen molar-refractivity contribution in [1.82, 2.24) is 9.78 Å². The summed E-state index contributed by atoms with van der Waals surface area (Å²) in [6, 6.07) is 0. The molecular formula is C13H21N3O5. The first-order valence-corrected chi connectivity index (χ1v) is 6.70. The molecule has 8 heteroatoms. The van der Waals surface area contributed by atoms with Crippen LogP contribution < -0.4 is 10.5 Å². The fraction of sp³-hybridized carbons (Fsp3) is 0.615. The molecular weight excluding hydrogens is 278 g/mol. The van der Waals surface area contributed by atoms with E-state index in [-0.39, 0.29) is 30.2 Å². The summed E-state index contributed by atoms with van der Waals surface area (Å²) in [6.07, 6.45) is 1.70. The summed E-state index contributed by atoms with van der Waals surface area (Å²) in [5, 5.41) is 4.05. The first-order valence-electron chi connectivity index (χ1n) is 6.70. The van der Waals surface area contributed by atoms with Crippen molar-refractivity contribution in [2.45, 2.75) is 26.3 Å². The quantitative estimate of drug-likeness (QED) is 0.553. The molecule has 1 aromatic rings. The molecule has 1 rings (SSSR count). The minimum Gasteiger partial charge on any atom is -0.488 e. The second-order valence-corrected chi connectivity index (χ2v) is 4.22. The highest BCUT2D eigenvalue weighted by Crippen LogP contribution is 2.26. The standard InChI is InChI=1S/C13H21N3O5/c1-4-5-8-21-11-9(12(17)19-2)15-16(7-6-14)10(11)13(18)20-3/h4-8,14H2,1-3H3. The fourth-order valence-corrected chi connectivity index (χ4v) is 1.71. The Balaban J connectivity index is 3.28. The minimum atomic E-state index is -0.678. The van der Waals surface area contributed by atoms with Gasteiger partial charge in [0, 0.05) is 6.54 Å². The van der Waals surface area contributed by atoms with Gasteiger partial charge in [-0.05, 0) is 6.42 Å². The van der Waals surface area contributed by atoms with Gasteiger partial charge in [-0.15, -0.1) is 0 Å². The Morgan fingerprint density at radius 2 is 1.90 bits per heavy atom. The lowest BCUT2D eigenvalue weighted by Gasteiger charge is -2.08. The molecule has 21 heavy (non-hydrogen) atoms. The van der Waals surface area contributed by atoms with E-state index in [1.54, 1.807) is 0 Å². The van der Waals surface area contributed by atoms with Crippen LogP contribution in [0.1, 0.15) is 40.7 Å². The van der Waals surface area contributed by atoms with Crippen molar-refractivity contribution >= 4 is 11.9 Å². The van der Waals surface area contributed by atoms with Gasteiger partial charge >= 0.3 is 11.9 Å². The summed E-state index contributed by atoms with van der Waals surface area (Å²) in [7, 11) is 2.48. The molecule has 0 unspecified atom stereocenters. The van der Waals surface area contributed by atoms with E-state index in [9.17, 15) is 9.59 Å². The molecule has 1 heterocycles. The second-order valence-electron chi connectivity index (χ2n) is 4.22. The number of carbonyl (C=O) groups excluding carboxylic acids is 2. The first-order chi connectivity index (χ1) is 10.1. The lowest BCUT2D eigenvalue weighted by atomic mass is 10.3. The summed E-state index contributed by atoms with van der Waals surface area (Å²) >= 11 is 0. The summed E-state index contributed by atoms with van der Waals surface area (Å²) in [4.78, 5) is 23.7. The van der Waals surface area contributed by atoms with Crippen molar-refractivity contribution in [2.24, 2.45) is 5.73 Å². The van der Waals surface area contributed by atoms with Gasteiger partial charge in [0.25, 0.3) is 0 Å². The molecule has 0 fully saturated rings. The van der Waals surface area contributed by atoms with Gasteiger partial charge in [-0.2, -0.15) is 5.10 Å². The normalized spacial score (nSPS) is 10.3. The third-order valence-electron chi connectivity index (χ3n) is 2.75. The number of methoxy groups -OCH3 is 2. The van der Waals surface area contributed by atoms with E-state index in [2.05, 4.69) is 9.84 Å². The van der Waals surface area contributed by atoms with Gasteiger partial charge < -0.3 is 19.9 Å². The molecule has 0 atom stereocenters. The zero-order valence-corrected chi connectivity index (χ0v) is 12.5. The Morgan fingerprint density at radius 1 is 1.24 bits per heavy atom. The Bertz CT molecular complexity index is 498. The highest BCUT2D eigenvalue weighted by atomic mass is 16.5. The molecule has 0 bridgehead atoms. The monoisotopic (exact) mass is 299 g/mol. The molecule has 0 aliphatic rings. The van der Waals surface area contributed by atoms with Gasteiger partial charge in [-0.3, -0.25) is 4.68 Å². The van der Waals surface area contributed by atoms with Crippen molar-refractivity contribution in [1.29, 1.82) is 0 Å². The Kier molecular flexibility index (Phi) is 6.67. The smallest absolute Gasteiger partial charge is 0.362 e. The number of esters is 2. The number of ether oxygens (including phenoxy) is 3. The number of carbonyl (C=O) groups is 2. The minimum absolute atomic E-state index is 0.0533. The van der Waals surface area contributed by atoms with Gasteiger partial charge in [0.15, 0.2) is 11.4 Å². The Hall–Kier alpha value is -2.09. The van der Waals surface area contributed by atoms with Crippen LogP contribution in [0.15, 0.2) is 0 Å². The van der Waals surface area contributed by atoms with Gasteiger partial charge in [0.05, 0.1) is 27.4 Å². The van der Waals surface area contributed by atoms with Crippen LogP contribution >= 0.6 is 0 Å². The van der Waals surface area contributed by atoms with E-state index in [4.69, 9.17) is 15.2 Å². The van der Waals surface area contributed by atoms with Crippen molar-refractivity contribution in [2.75, 3.05) is 27.4 Å². The van der Waals surface area contributed by atoms with Gasteiger partial charge in [-0.1, -0.05) is 13.3 Å². The third kappa shape index (κ3) is 3.94. The largest absolute Gasteiger partial charge is 0.488 e. The maximum atomic E-state index is 11.9.